The van der Waals surface area contributed by atoms with Gasteiger partial charge in [0.05, 0.1) is 12.2 Å². The van der Waals surface area contributed by atoms with Crippen LogP contribution in [0, 0.1) is 6.92 Å². The summed E-state index contributed by atoms with van der Waals surface area (Å²) < 4.78 is 26.5. The van der Waals surface area contributed by atoms with Gasteiger partial charge in [0.25, 0.3) is 0 Å². The summed E-state index contributed by atoms with van der Waals surface area (Å²) in [5.74, 6) is 0. The van der Waals surface area contributed by atoms with Gasteiger partial charge >= 0.3 is 4.87 Å². The summed E-state index contributed by atoms with van der Waals surface area (Å²) in [6.45, 7) is 1.85. The number of benzene rings is 1. The van der Waals surface area contributed by atoms with E-state index in [4.69, 9.17) is 5.73 Å². The van der Waals surface area contributed by atoms with E-state index in [1.165, 1.54) is 6.07 Å². The van der Waals surface area contributed by atoms with Gasteiger partial charge in [-0.25, -0.2) is 13.1 Å². The van der Waals surface area contributed by atoms with Gasteiger partial charge in [0.1, 0.15) is 4.90 Å². The molecule has 0 fully saturated rings. The molecule has 0 aliphatic carbocycles. The van der Waals surface area contributed by atoms with Crippen LogP contribution in [0.25, 0.3) is 0 Å². The minimum absolute atomic E-state index is 0.0222. The predicted molar refractivity (Wildman–Crippen MR) is 74.6 cm³/mol. The highest BCUT2D eigenvalue weighted by molar-refractivity contribution is 7.89. The molecule has 19 heavy (non-hydrogen) atoms. The zero-order chi connectivity index (χ0) is 14.0. The van der Waals surface area contributed by atoms with Crippen LogP contribution in [0.15, 0.2) is 33.3 Å². The van der Waals surface area contributed by atoms with Gasteiger partial charge in [0.15, 0.2) is 0 Å². The maximum absolute atomic E-state index is 12.1. The third kappa shape index (κ3) is 3.22. The molecule has 0 unspecified atom stereocenters. The Balaban J connectivity index is 2.20. The van der Waals surface area contributed by atoms with Crippen molar-refractivity contribution in [3.8, 4) is 0 Å². The highest BCUT2D eigenvalue weighted by atomic mass is 32.2. The average Bonchev–Trinajstić information content (AvgIpc) is 2.72. The van der Waals surface area contributed by atoms with Crippen molar-refractivity contribution in [1.82, 2.24) is 9.71 Å². The van der Waals surface area contributed by atoms with E-state index in [0.29, 0.717) is 5.69 Å². The summed E-state index contributed by atoms with van der Waals surface area (Å²) in [5, 5.41) is 1.57. The summed E-state index contributed by atoms with van der Waals surface area (Å²) in [4.78, 5) is 13.3. The first-order valence-corrected chi connectivity index (χ1v) is 7.77. The van der Waals surface area contributed by atoms with Gasteiger partial charge in [-0.05, 0) is 24.6 Å². The molecule has 0 aliphatic rings. The largest absolute Gasteiger partial charge is 0.398 e. The van der Waals surface area contributed by atoms with Crippen LogP contribution in [0.1, 0.15) is 11.3 Å². The number of aromatic amines is 1. The number of hydrogen-bond donors (Lipinski definition) is 3. The van der Waals surface area contributed by atoms with E-state index in [1.807, 2.05) is 6.92 Å². The number of aryl methyl sites for hydroxylation is 1. The van der Waals surface area contributed by atoms with Crippen molar-refractivity contribution in [2.75, 3.05) is 5.73 Å². The van der Waals surface area contributed by atoms with Crippen molar-refractivity contribution in [3.63, 3.8) is 0 Å². The monoisotopic (exact) mass is 299 g/mol. The fourth-order valence-corrected chi connectivity index (χ4v) is 3.26. The van der Waals surface area contributed by atoms with Crippen molar-refractivity contribution < 1.29 is 8.42 Å². The number of nitrogen functional groups attached to an aromatic ring is 1. The first-order valence-electron chi connectivity index (χ1n) is 5.41. The van der Waals surface area contributed by atoms with Crippen LogP contribution in [0.2, 0.25) is 0 Å². The van der Waals surface area contributed by atoms with Crippen molar-refractivity contribution in [3.05, 3.63) is 44.5 Å². The minimum atomic E-state index is -3.69. The Hall–Kier alpha value is -1.64. The van der Waals surface area contributed by atoms with Gasteiger partial charge in [-0.1, -0.05) is 17.4 Å². The molecular weight excluding hydrogens is 286 g/mol. The van der Waals surface area contributed by atoms with Gasteiger partial charge < -0.3 is 10.7 Å². The lowest BCUT2D eigenvalue weighted by atomic mass is 10.2. The molecule has 0 saturated heterocycles. The predicted octanol–water partition coefficient (Wildman–Crippen LogP) is 0.806. The second-order valence-corrected chi connectivity index (χ2v) is 6.62. The Labute approximate surface area is 114 Å². The minimum Gasteiger partial charge on any atom is -0.398 e. The topological polar surface area (TPSA) is 105 Å². The van der Waals surface area contributed by atoms with Gasteiger partial charge in [0.2, 0.25) is 10.0 Å². The highest BCUT2D eigenvalue weighted by Crippen LogP contribution is 2.19. The summed E-state index contributed by atoms with van der Waals surface area (Å²) in [6, 6.07) is 4.74. The molecule has 0 aliphatic heterocycles. The van der Waals surface area contributed by atoms with E-state index in [2.05, 4.69) is 9.71 Å². The fourth-order valence-electron chi connectivity index (χ4n) is 1.56. The van der Waals surface area contributed by atoms with Crippen molar-refractivity contribution in [2.45, 2.75) is 18.4 Å². The lowest BCUT2D eigenvalue weighted by molar-refractivity contribution is 0.581. The van der Waals surface area contributed by atoms with E-state index in [1.54, 1.807) is 17.5 Å². The number of thiazole rings is 1. The fraction of sp³-hybridized carbons (Fsp3) is 0.182. The average molecular weight is 299 g/mol. The van der Waals surface area contributed by atoms with Crippen LogP contribution in [0.4, 0.5) is 5.69 Å². The second-order valence-electron chi connectivity index (χ2n) is 4.04. The Bertz CT molecular complexity index is 747. The molecule has 102 valence electrons. The Morgan fingerprint density at radius 3 is 2.74 bits per heavy atom. The number of nitrogens with one attached hydrogen (secondary N) is 2. The molecule has 0 saturated carbocycles. The molecule has 1 aromatic heterocycles. The normalized spacial score (nSPS) is 11.6. The zero-order valence-corrected chi connectivity index (χ0v) is 11.8. The Morgan fingerprint density at radius 2 is 2.16 bits per heavy atom. The van der Waals surface area contributed by atoms with Gasteiger partial charge in [-0.15, -0.1) is 0 Å². The zero-order valence-electron chi connectivity index (χ0n) is 10.1. The van der Waals surface area contributed by atoms with E-state index in [0.717, 1.165) is 16.9 Å². The van der Waals surface area contributed by atoms with Crippen LogP contribution in [0.3, 0.4) is 0 Å². The van der Waals surface area contributed by atoms with E-state index < -0.39 is 10.0 Å². The van der Waals surface area contributed by atoms with E-state index in [9.17, 15) is 13.2 Å². The lowest BCUT2D eigenvalue weighted by Gasteiger charge is -2.08. The molecule has 8 heteroatoms. The summed E-state index contributed by atoms with van der Waals surface area (Å²) in [6.07, 6.45) is 0. The number of rotatable bonds is 4. The molecule has 1 aromatic carbocycles. The van der Waals surface area contributed by atoms with E-state index >= 15 is 0 Å². The Morgan fingerprint density at radius 1 is 1.42 bits per heavy atom. The summed E-state index contributed by atoms with van der Waals surface area (Å²) in [7, 11) is -3.69. The summed E-state index contributed by atoms with van der Waals surface area (Å²) in [5.41, 5.74) is 7.31. The second kappa shape index (κ2) is 5.16. The van der Waals surface area contributed by atoms with Crippen molar-refractivity contribution in [1.29, 1.82) is 0 Å². The van der Waals surface area contributed by atoms with Gasteiger partial charge in [-0.3, -0.25) is 4.79 Å². The van der Waals surface area contributed by atoms with Crippen LogP contribution in [-0.4, -0.2) is 13.4 Å². The lowest BCUT2D eigenvalue weighted by Crippen LogP contribution is -2.24. The maximum atomic E-state index is 12.1. The third-order valence-corrected chi connectivity index (χ3v) is 4.67. The number of sulfonamides is 1. The smallest absolute Gasteiger partial charge is 0.304 e. The van der Waals surface area contributed by atoms with Crippen molar-refractivity contribution in [2.24, 2.45) is 0 Å². The quantitative estimate of drug-likeness (QED) is 0.726. The van der Waals surface area contributed by atoms with Crippen LogP contribution in [-0.2, 0) is 16.6 Å². The number of aromatic nitrogens is 1. The number of H-pyrrole nitrogens is 1. The molecule has 0 radical (unpaired) electrons. The first kappa shape index (κ1) is 13.8. The number of hydrogen-bond acceptors (Lipinski definition) is 5. The van der Waals surface area contributed by atoms with Crippen molar-refractivity contribution >= 4 is 27.0 Å². The standard InChI is InChI=1S/C11H13N3O3S2/c1-7-2-3-10(9(12)4-7)19(16,17)13-5-8-6-18-11(15)14-8/h2-4,6,13H,5,12H2,1H3,(H,14,15). The molecule has 0 spiro atoms. The first-order chi connectivity index (χ1) is 8.88. The highest BCUT2D eigenvalue weighted by Gasteiger charge is 2.17. The molecule has 0 amide bonds. The Kier molecular flexibility index (Phi) is 3.74. The third-order valence-electron chi connectivity index (χ3n) is 2.48. The van der Waals surface area contributed by atoms with Crippen LogP contribution < -0.4 is 15.3 Å². The van der Waals surface area contributed by atoms with E-state index in [-0.39, 0.29) is 22.0 Å². The number of anilines is 1. The molecule has 1 heterocycles. The molecule has 4 N–H and O–H groups in total. The maximum Gasteiger partial charge on any atom is 0.304 e. The summed E-state index contributed by atoms with van der Waals surface area (Å²) >= 11 is 0.985. The van der Waals surface area contributed by atoms with Crippen LogP contribution in [0.5, 0.6) is 0 Å². The SMILES string of the molecule is Cc1ccc(S(=O)(=O)NCc2csc(=O)[nH]2)c(N)c1. The van der Waals surface area contributed by atoms with Gasteiger partial charge in [-0.2, -0.15) is 0 Å². The molecule has 0 atom stereocenters. The molecule has 2 aromatic rings. The van der Waals surface area contributed by atoms with Crippen LogP contribution >= 0.6 is 11.3 Å². The molecule has 2 rings (SSSR count). The molecular formula is C11H13N3O3S2. The molecule has 6 nitrogen and oxygen atoms in total. The number of nitrogens with two attached hydrogens (primary N) is 1. The molecule has 0 bridgehead atoms. The van der Waals surface area contributed by atoms with Gasteiger partial charge in [0, 0.05) is 11.1 Å².